The average molecular weight is 508 g/mol. The highest BCUT2D eigenvalue weighted by Gasteiger charge is 2.20. The Hall–Kier alpha value is -3.40. The zero-order valence-electron chi connectivity index (χ0n) is 19.1. The molecule has 35 heavy (non-hydrogen) atoms. The maximum atomic E-state index is 13.3. The highest BCUT2D eigenvalue weighted by molar-refractivity contribution is 7.22. The molecule has 2 N–H and O–H groups in total. The molecule has 178 valence electrons. The number of anilines is 1. The van der Waals surface area contributed by atoms with Gasteiger partial charge in [-0.25, -0.2) is 9.97 Å². The van der Waals surface area contributed by atoms with Crippen LogP contribution in [0.2, 0.25) is 5.15 Å². The van der Waals surface area contributed by atoms with Gasteiger partial charge >= 0.3 is 0 Å². The van der Waals surface area contributed by atoms with Gasteiger partial charge in [0.15, 0.2) is 10.8 Å². The van der Waals surface area contributed by atoms with Crippen molar-refractivity contribution in [2.45, 2.75) is 32.3 Å². The molecule has 10 heteroatoms. The summed E-state index contributed by atoms with van der Waals surface area (Å²) in [6, 6.07) is 5.50. The molecule has 0 radical (unpaired) electrons. The number of carbonyl (C=O) groups excluding carboxylic acids is 1. The highest BCUT2D eigenvalue weighted by atomic mass is 35.5. The quantitative estimate of drug-likeness (QED) is 0.353. The first-order chi connectivity index (χ1) is 16.9. The SMILES string of the molecule is COc1cnc(Cl)cc1-c1cc(C)ncc1C(=O)Nc1nc2ncc(C3=CCC(O)CC3)cc2s1. The van der Waals surface area contributed by atoms with E-state index < -0.39 is 0 Å². The number of fused-ring (bicyclic) bond motifs is 1. The van der Waals surface area contributed by atoms with E-state index in [0.29, 0.717) is 39.6 Å². The molecule has 0 fully saturated rings. The lowest BCUT2D eigenvalue weighted by Crippen LogP contribution is -2.14. The maximum Gasteiger partial charge on any atom is 0.259 e. The van der Waals surface area contributed by atoms with Gasteiger partial charge in [-0.05, 0) is 55.5 Å². The number of aryl methyl sites for hydroxylation is 1. The van der Waals surface area contributed by atoms with Gasteiger partial charge in [0, 0.05) is 29.2 Å². The molecule has 0 aliphatic heterocycles. The predicted molar refractivity (Wildman–Crippen MR) is 137 cm³/mol. The van der Waals surface area contributed by atoms with Crippen molar-refractivity contribution in [2.75, 3.05) is 12.4 Å². The van der Waals surface area contributed by atoms with E-state index in [1.807, 2.05) is 19.1 Å². The molecule has 1 amide bonds. The van der Waals surface area contributed by atoms with Gasteiger partial charge in [0.25, 0.3) is 5.91 Å². The second kappa shape index (κ2) is 9.69. The Morgan fingerprint density at radius 3 is 2.80 bits per heavy atom. The van der Waals surface area contributed by atoms with Crippen molar-refractivity contribution < 1.29 is 14.6 Å². The number of carbonyl (C=O) groups is 1. The van der Waals surface area contributed by atoms with Gasteiger partial charge in [0.1, 0.15) is 10.9 Å². The number of nitrogens with zero attached hydrogens (tertiary/aromatic N) is 4. The largest absolute Gasteiger partial charge is 0.494 e. The second-order valence-electron chi connectivity index (χ2n) is 8.26. The van der Waals surface area contributed by atoms with E-state index in [0.717, 1.165) is 28.8 Å². The lowest BCUT2D eigenvalue weighted by atomic mass is 9.93. The predicted octanol–water partition coefficient (Wildman–Crippen LogP) is 5.30. The number of aromatic nitrogens is 4. The number of aliphatic hydroxyl groups excluding tert-OH is 1. The Bertz CT molecular complexity index is 1470. The van der Waals surface area contributed by atoms with Crippen molar-refractivity contribution in [3.05, 3.63) is 64.8 Å². The summed E-state index contributed by atoms with van der Waals surface area (Å²) in [7, 11) is 1.54. The molecule has 1 atom stereocenters. The topological polar surface area (TPSA) is 110 Å². The molecule has 4 heterocycles. The van der Waals surface area contributed by atoms with Gasteiger partial charge in [-0.15, -0.1) is 0 Å². The van der Waals surface area contributed by atoms with Gasteiger partial charge in [-0.1, -0.05) is 29.0 Å². The Morgan fingerprint density at radius 1 is 1.17 bits per heavy atom. The minimum absolute atomic E-state index is 0.273. The fourth-order valence-corrected chi connectivity index (χ4v) is 5.07. The number of hydrogen-bond acceptors (Lipinski definition) is 8. The highest BCUT2D eigenvalue weighted by Crippen LogP contribution is 2.35. The normalized spacial score (nSPS) is 15.7. The van der Waals surface area contributed by atoms with E-state index in [9.17, 15) is 9.90 Å². The van der Waals surface area contributed by atoms with Crippen LogP contribution in [-0.4, -0.2) is 44.2 Å². The first-order valence-electron chi connectivity index (χ1n) is 11.0. The summed E-state index contributed by atoms with van der Waals surface area (Å²) < 4.78 is 6.31. The van der Waals surface area contributed by atoms with Crippen LogP contribution in [0.4, 0.5) is 5.13 Å². The van der Waals surface area contributed by atoms with E-state index in [1.54, 1.807) is 12.3 Å². The number of rotatable bonds is 5. The zero-order valence-corrected chi connectivity index (χ0v) is 20.7. The van der Waals surface area contributed by atoms with Gasteiger partial charge in [0.05, 0.1) is 29.7 Å². The maximum absolute atomic E-state index is 13.3. The lowest BCUT2D eigenvalue weighted by Gasteiger charge is -2.17. The average Bonchev–Trinajstić information content (AvgIpc) is 3.25. The number of hydrogen-bond donors (Lipinski definition) is 2. The monoisotopic (exact) mass is 507 g/mol. The molecule has 0 saturated carbocycles. The summed E-state index contributed by atoms with van der Waals surface area (Å²) in [6.07, 6.45) is 8.83. The number of thiazole rings is 1. The number of pyridine rings is 3. The van der Waals surface area contributed by atoms with Gasteiger partial charge in [-0.2, -0.15) is 4.98 Å². The first kappa shape index (κ1) is 23.3. The molecular formula is C25H22ClN5O3S. The summed E-state index contributed by atoms with van der Waals surface area (Å²) in [5, 5.41) is 13.4. The van der Waals surface area contributed by atoms with Gasteiger partial charge in [0.2, 0.25) is 0 Å². The molecule has 0 bridgehead atoms. The van der Waals surface area contributed by atoms with Crippen molar-refractivity contribution in [3.63, 3.8) is 0 Å². The third kappa shape index (κ3) is 4.88. The molecule has 5 rings (SSSR count). The van der Waals surface area contributed by atoms with E-state index in [4.69, 9.17) is 16.3 Å². The number of allylic oxidation sites excluding steroid dienone is 1. The Balaban J connectivity index is 1.45. The van der Waals surface area contributed by atoms with Gasteiger partial charge in [-0.3, -0.25) is 15.1 Å². The molecule has 0 spiro atoms. The third-order valence-electron chi connectivity index (χ3n) is 5.85. The zero-order chi connectivity index (χ0) is 24.5. The van der Waals surface area contributed by atoms with E-state index >= 15 is 0 Å². The Kier molecular flexibility index (Phi) is 6.46. The Labute approximate surface area is 210 Å². The van der Waals surface area contributed by atoms with Crippen LogP contribution in [0.25, 0.3) is 27.0 Å². The summed E-state index contributed by atoms with van der Waals surface area (Å²) >= 11 is 7.49. The molecular weight excluding hydrogens is 486 g/mol. The summed E-state index contributed by atoms with van der Waals surface area (Å²) in [5.41, 5.74) is 5.12. The molecule has 1 aliphatic rings. The minimum atomic E-state index is -0.356. The smallest absolute Gasteiger partial charge is 0.259 e. The standard InChI is InChI=1S/C25H22ClN5O3S/c1-13-7-17(18-9-22(26)28-12-20(18)34-2)19(11-27-13)24(33)31-25-30-23-21(35-25)8-15(10-29-23)14-3-5-16(32)6-4-14/h3,7-12,16,32H,4-6H2,1-2H3,(H,29,30,31,33). The number of methoxy groups -OCH3 is 1. The lowest BCUT2D eigenvalue weighted by molar-refractivity contribution is 0.102. The number of aliphatic hydroxyl groups is 1. The number of halogens is 1. The van der Waals surface area contributed by atoms with Crippen LogP contribution in [0.5, 0.6) is 5.75 Å². The third-order valence-corrected chi connectivity index (χ3v) is 6.96. The fourth-order valence-electron chi connectivity index (χ4n) is 4.05. The number of ether oxygens (including phenoxy) is 1. The number of amides is 1. The molecule has 0 saturated heterocycles. The summed E-state index contributed by atoms with van der Waals surface area (Å²) in [5.74, 6) is 0.140. The van der Waals surface area contributed by atoms with Crippen molar-refractivity contribution >= 4 is 49.9 Å². The Morgan fingerprint density at radius 2 is 2.03 bits per heavy atom. The molecule has 1 unspecified atom stereocenters. The molecule has 0 aromatic carbocycles. The van der Waals surface area contributed by atoms with Crippen LogP contribution < -0.4 is 10.1 Å². The second-order valence-corrected chi connectivity index (χ2v) is 9.67. The van der Waals surface area contributed by atoms with Crippen molar-refractivity contribution in [1.29, 1.82) is 0 Å². The molecule has 4 aromatic rings. The fraction of sp³-hybridized carbons (Fsp3) is 0.240. The van der Waals surface area contributed by atoms with E-state index in [-0.39, 0.29) is 17.2 Å². The van der Waals surface area contributed by atoms with Crippen LogP contribution in [0.1, 0.15) is 40.9 Å². The number of nitrogens with one attached hydrogen (secondary N) is 1. The summed E-state index contributed by atoms with van der Waals surface area (Å²) in [4.78, 5) is 30.6. The van der Waals surface area contributed by atoms with Crippen LogP contribution in [0, 0.1) is 6.92 Å². The van der Waals surface area contributed by atoms with E-state index in [2.05, 4.69) is 31.3 Å². The van der Waals surface area contributed by atoms with Crippen LogP contribution >= 0.6 is 22.9 Å². The molecule has 4 aromatic heterocycles. The van der Waals surface area contributed by atoms with E-state index in [1.165, 1.54) is 36.4 Å². The van der Waals surface area contributed by atoms with Crippen molar-refractivity contribution in [3.8, 4) is 16.9 Å². The van der Waals surface area contributed by atoms with Crippen LogP contribution in [0.3, 0.4) is 0 Å². The van der Waals surface area contributed by atoms with Gasteiger partial charge < -0.3 is 9.84 Å². The molecule has 1 aliphatic carbocycles. The first-order valence-corrected chi connectivity index (χ1v) is 12.2. The van der Waals surface area contributed by atoms with Crippen LogP contribution in [0.15, 0.2) is 42.9 Å². The van der Waals surface area contributed by atoms with Crippen molar-refractivity contribution in [1.82, 2.24) is 19.9 Å². The van der Waals surface area contributed by atoms with Crippen molar-refractivity contribution in [2.24, 2.45) is 0 Å². The molecule has 8 nitrogen and oxygen atoms in total. The van der Waals surface area contributed by atoms with Crippen LogP contribution in [-0.2, 0) is 0 Å². The minimum Gasteiger partial charge on any atom is -0.494 e. The summed E-state index contributed by atoms with van der Waals surface area (Å²) in [6.45, 7) is 1.85.